The van der Waals surface area contributed by atoms with Crippen molar-refractivity contribution in [3.8, 4) is 5.75 Å². The highest BCUT2D eigenvalue weighted by molar-refractivity contribution is 7.87. The molecule has 4 bridgehead atoms. The maximum atomic E-state index is 13.0. The van der Waals surface area contributed by atoms with Crippen LogP contribution in [0.3, 0.4) is 0 Å². The van der Waals surface area contributed by atoms with E-state index < -0.39 is 10.1 Å². The molecule has 0 spiro atoms. The highest BCUT2D eigenvalue weighted by Gasteiger charge is 2.51. The predicted octanol–water partition coefficient (Wildman–Crippen LogP) is 4.77. The van der Waals surface area contributed by atoms with E-state index in [2.05, 4.69) is 5.32 Å². The van der Waals surface area contributed by atoms with Gasteiger partial charge in [0.05, 0.1) is 0 Å². The third-order valence-corrected chi connectivity index (χ3v) is 8.74. The van der Waals surface area contributed by atoms with E-state index >= 15 is 0 Å². The average molecular weight is 440 g/mol. The minimum absolute atomic E-state index is 0.0486. The summed E-state index contributed by atoms with van der Waals surface area (Å²) in [6.45, 7) is 3.59. The molecule has 1 N–H and O–H groups in total. The monoisotopic (exact) mass is 439 g/mol. The molecule has 1 amide bonds. The van der Waals surface area contributed by atoms with Gasteiger partial charge in [0.25, 0.3) is 5.91 Å². The van der Waals surface area contributed by atoms with E-state index in [0.717, 1.165) is 42.6 Å². The number of nitrogens with one attached hydrogen (secondary N) is 1. The second-order valence-corrected chi connectivity index (χ2v) is 11.5. The molecule has 5 nitrogen and oxygen atoms in total. The molecule has 0 aromatic heterocycles. The number of rotatable bonds is 5. The Morgan fingerprint density at radius 3 is 2.10 bits per heavy atom. The fraction of sp³-hybridized carbons (Fsp3) is 0.480. The summed E-state index contributed by atoms with van der Waals surface area (Å²) in [6, 6.07) is 11.6. The van der Waals surface area contributed by atoms with Crippen LogP contribution in [0.1, 0.15) is 60.0 Å². The number of aryl methyl sites for hydroxylation is 2. The molecule has 2 aromatic carbocycles. The van der Waals surface area contributed by atoms with Crippen molar-refractivity contribution in [1.82, 2.24) is 5.32 Å². The van der Waals surface area contributed by atoms with Crippen LogP contribution in [-0.2, 0) is 10.1 Å². The second kappa shape index (κ2) is 7.37. The Labute approximate surface area is 184 Å². The Morgan fingerprint density at radius 1 is 0.935 bits per heavy atom. The number of benzene rings is 2. The number of carbonyl (C=O) groups excluding carboxylic acids is 1. The van der Waals surface area contributed by atoms with Crippen molar-refractivity contribution < 1.29 is 17.4 Å². The summed E-state index contributed by atoms with van der Waals surface area (Å²) in [5.41, 5.74) is 1.97. The molecule has 4 aliphatic carbocycles. The quantitative estimate of drug-likeness (QED) is 0.681. The van der Waals surface area contributed by atoms with Gasteiger partial charge < -0.3 is 9.50 Å². The van der Waals surface area contributed by atoms with Crippen LogP contribution in [-0.4, -0.2) is 19.9 Å². The number of hydrogen-bond donors (Lipinski definition) is 1. The van der Waals surface area contributed by atoms with Gasteiger partial charge in [0.15, 0.2) is 0 Å². The highest BCUT2D eigenvalue weighted by atomic mass is 32.2. The largest absolute Gasteiger partial charge is 0.379 e. The molecular formula is C25H29NO4S. The van der Waals surface area contributed by atoms with Crippen molar-refractivity contribution in [3.63, 3.8) is 0 Å². The molecule has 0 atom stereocenters. The summed E-state index contributed by atoms with van der Waals surface area (Å²) in [5.74, 6) is 2.41. The molecule has 0 heterocycles. The zero-order valence-electron chi connectivity index (χ0n) is 18.1. The first kappa shape index (κ1) is 20.6. The van der Waals surface area contributed by atoms with E-state index in [0.29, 0.717) is 11.1 Å². The third kappa shape index (κ3) is 3.98. The Kier molecular flexibility index (Phi) is 4.88. The smallest absolute Gasteiger partial charge is 0.339 e. The van der Waals surface area contributed by atoms with E-state index in [1.54, 1.807) is 43.3 Å². The van der Waals surface area contributed by atoms with Crippen LogP contribution in [0.25, 0.3) is 0 Å². The molecule has 2 aromatic rings. The van der Waals surface area contributed by atoms with Gasteiger partial charge >= 0.3 is 10.1 Å². The first-order valence-electron chi connectivity index (χ1n) is 11.2. The molecule has 164 valence electrons. The Bertz CT molecular complexity index is 1090. The van der Waals surface area contributed by atoms with Crippen molar-refractivity contribution >= 4 is 16.0 Å². The van der Waals surface area contributed by atoms with Crippen molar-refractivity contribution in [1.29, 1.82) is 0 Å². The predicted molar refractivity (Wildman–Crippen MR) is 119 cm³/mol. The van der Waals surface area contributed by atoms with Gasteiger partial charge in [-0.25, -0.2) is 0 Å². The highest BCUT2D eigenvalue weighted by Crippen LogP contribution is 2.55. The zero-order valence-corrected chi connectivity index (χ0v) is 18.9. The van der Waals surface area contributed by atoms with Gasteiger partial charge in [0.1, 0.15) is 10.6 Å². The van der Waals surface area contributed by atoms with Crippen LogP contribution in [0.15, 0.2) is 47.4 Å². The van der Waals surface area contributed by atoms with Crippen LogP contribution in [0.5, 0.6) is 5.75 Å². The molecule has 31 heavy (non-hydrogen) atoms. The fourth-order valence-electron chi connectivity index (χ4n) is 6.39. The van der Waals surface area contributed by atoms with Gasteiger partial charge in [-0.2, -0.15) is 8.42 Å². The summed E-state index contributed by atoms with van der Waals surface area (Å²) in [6.07, 6.45) is 7.28. The van der Waals surface area contributed by atoms with Crippen LogP contribution >= 0.6 is 0 Å². The van der Waals surface area contributed by atoms with E-state index in [1.807, 2.05) is 13.0 Å². The van der Waals surface area contributed by atoms with Gasteiger partial charge in [-0.15, -0.1) is 0 Å². The molecule has 4 aliphatic rings. The van der Waals surface area contributed by atoms with Crippen molar-refractivity contribution in [2.75, 3.05) is 0 Å². The lowest BCUT2D eigenvalue weighted by Crippen LogP contribution is -2.59. The maximum Gasteiger partial charge on any atom is 0.339 e. The van der Waals surface area contributed by atoms with Gasteiger partial charge in [0, 0.05) is 11.1 Å². The summed E-state index contributed by atoms with van der Waals surface area (Å²) < 4.78 is 30.7. The Hall–Kier alpha value is -2.34. The molecule has 0 radical (unpaired) electrons. The van der Waals surface area contributed by atoms with Crippen LogP contribution in [0.2, 0.25) is 0 Å². The maximum absolute atomic E-state index is 13.0. The summed E-state index contributed by atoms with van der Waals surface area (Å²) >= 11 is 0. The standard InChI is InChI=1S/C25H29NO4S/c1-16-3-4-17(2)23(9-16)31(28,29)30-22-7-5-21(6-8-22)24(27)26-25-13-18-10-19(14-25)12-20(11-18)15-25/h3-9,18-20H,10-15H2,1-2H3,(H,26,27). The molecule has 6 rings (SSSR count). The first-order chi connectivity index (χ1) is 14.7. The van der Waals surface area contributed by atoms with Gasteiger partial charge in [-0.05, 0) is 112 Å². The van der Waals surface area contributed by atoms with Crippen molar-refractivity contribution in [3.05, 3.63) is 59.2 Å². The van der Waals surface area contributed by atoms with Crippen LogP contribution in [0, 0.1) is 31.6 Å². The molecule has 0 aliphatic heterocycles. The molecule has 6 heteroatoms. The number of carbonyl (C=O) groups is 1. The summed E-state index contributed by atoms with van der Waals surface area (Å²) in [7, 11) is -3.94. The van der Waals surface area contributed by atoms with Gasteiger partial charge in [-0.1, -0.05) is 12.1 Å². The SMILES string of the molecule is Cc1ccc(C)c(S(=O)(=O)Oc2ccc(C(=O)NC34CC5CC(CC(C5)C3)C4)cc2)c1. The van der Waals surface area contributed by atoms with Crippen molar-refractivity contribution in [2.45, 2.75) is 62.8 Å². The average Bonchev–Trinajstić information content (AvgIpc) is 2.68. The topological polar surface area (TPSA) is 72.5 Å². The van der Waals surface area contributed by atoms with Gasteiger partial charge in [-0.3, -0.25) is 4.79 Å². The molecule has 0 unspecified atom stereocenters. The normalized spacial score (nSPS) is 29.0. The summed E-state index contributed by atoms with van der Waals surface area (Å²) in [5, 5.41) is 3.35. The lowest BCUT2D eigenvalue weighted by Gasteiger charge is -2.56. The minimum atomic E-state index is -3.94. The minimum Gasteiger partial charge on any atom is -0.379 e. The Morgan fingerprint density at radius 2 is 1.52 bits per heavy atom. The van der Waals surface area contributed by atoms with Crippen molar-refractivity contribution in [2.24, 2.45) is 17.8 Å². The lowest BCUT2D eigenvalue weighted by molar-refractivity contribution is -0.0167. The van der Waals surface area contributed by atoms with E-state index in [9.17, 15) is 13.2 Å². The summed E-state index contributed by atoms with van der Waals surface area (Å²) in [4.78, 5) is 13.1. The fourth-order valence-corrected chi connectivity index (χ4v) is 7.63. The lowest BCUT2D eigenvalue weighted by atomic mass is 9.53. The third-order valence-electron chi connectivity index (χ3n) is 7.35. The van der Waals surface area contributed by atoms with E-state index in [4.69, 9.17) is 4.18 Å². The molecule has 4 saturated carbocycles. The van der Waals surface area contributed by atoms with Crippen LogP contribution < -0.4 is 9.50 Å². The first-order valence-corrected chi connectivity index (χ1v) is 12.6. The van der Waals surface area contributed by atoms with Gasteiger partial charge in [0.2, 0.25) is 0 Å². The second-order valence-electron chi connectivity index (χ2n) is 9.98. The zero-order chi connectivity index (χ0) is 21.8. The Balaban J connectivity index is 1.29. The number of amides is 1. The molecule has 4 fully saturated rings. The number of hydrogen-bond acceptors (Lipinski definition) is 4. The molecule has 0 saturated heterocycles. The van der Waals surface area contributed by atoms with E-state index in [-0.39, 0.29) is 22.1 Å². The molecular weight excluding hydrogens is 410 g/mol. The van der Waals surface area contributed by atoms with Crippen LogP contribution in [0.4, 0.5) is 0 Å². The van der Waals surface area contributed by atoms with E-state index in [1.165, 1.54) is 19.3 Å².